The van der Waals surface area contributed by atoms with Crippen LogP contribution in [0, 0.1) is 0 Å². The Balaban J connectivity index is 0.00000210. The lowest BCUT2D eigenvalue weighted by Crippen LogP contribution is -2.22. The molecule has 1 N–H and O–H groups in total. The highest BCUT2D eigenvalue weighted by Crippen LogP contribution is 2.28. The fraction of sp³-hybridized carbons (Fsp3) is 0.364. The fourth-order valence-electron chi connectivity index (χ4n) is 3.16. The average Bonchev–Trinajstić information content (AvgIpc) is 2.68. The number of Topliss-reactive ketones (excluding diaryl/α,β-unsaturated/α-hetero) is 1. The third kappa shape index (κ3) is 4.95. The topological polar surface area (TPSA) is 53.9 Å². The number of nitrogens with one attached hydrogen (secondary N) is 1. The van der Waals surface area contributed by atoms with Crippen molar-refractivity contribution in [3.63, 3.8) is 0 Å². The molecule has 0 spiro atoms. The van der Waals surface area contributed by atoms with Crippen molar-refractivity contribution in [2.75, 3.05) is 26.7 Å². The van der Waals surface area contributed by atoms with E-state index in [9.17, 15) is 4.79 Å². The number of rotatable bonds is 1. The van der Waals surface area contributed by atoms with Gasteiger partial charge < -0.3 is 15.0 Å². The molecule has 0 radical (unpaired) electrons. The van der Waals surface area contributed by atoms with Gasteiger partial charge in [-0.15, -0.1) is 0 Å². The van der Waals surface area contributed by atoms with Crippen LogP contribution in [0.2, 0.25) is 0 Å². The van der Waals surface area contributed by atoms with E-state index in [2.05, 4.69) is 16.9 Å². The van der Waals surface area contributed by atoms with Crippen molar-refractivity contribution < 1.29 is 12.4 Å². The second kappa shape index (κ2) is 9.33. The lowest BCUT2D eigenvalue weighted by atomic mass is 10.0. The summed E-state index contributed by atoms with van der Waals surface area (Å²) >= 11 is 0. The van der Waals surface area contributed by atoms with Crippen LogP contribution < -0.4 is 10.1 Å². The zero-order valence-corrected chi connectivity index (χ0v) is 15.9. The van der Waals surface area contributed by atoms with Gasteiger partial charge in [0.1, 0.15) is 17.3 Å². The van der Waals surface area contributed by atoms with Gasteiger partial charge in [-0.25, -0.2) is 4.99 Å². The first-order valence-corrected chi connectivity index (χ1v) is 9.52. The Hall–Kier alpha value is -2.66. The van der Waals surface area contributed by atoms with E-state index in [0.717, 1.165) is 55.1 Å². The van der Waals surface area contributed by atoms with E-state index in [1.807, 2.05) is 42.4 Å². The first-order chi connectivity index (χ1) is 13.2. The minimum atomic E-state index is 0. The maximum absolute atomic E-state index is 12.6. The summed E-state index contributed by atoms with van der Waals surface area (Å²) in [7, 11) is 1.93. The van der Waals surface area contributed by atoms with Crippen molar-refractivity contribution in [1.82, 2.24) is 10.2 Å². The Morgan fingerprint density at radius 3 is 3.00 bits per heavy atom. The lowest BCUT2D eigenvalue weighted by Gasteiger charge is -2.22. The molecule has 3 rings (SSSR count). The van der Waals surface area contributed by atoms with Crippen LogP contribution >= 0.6 is 0 Å². The van der Waals surface area contributed by atoms with Gasteiger partial charge in [-0.05, 0) is 56.1 Å². The van der Waals surface area contributed by atoms with Gasteiger partial charge in [-0.3, -0.25) is 4.79 Å². The molecule has 0 saturated carbocycles. The Kier molecular flexibility index (Phi) is 6.60. The Bertz CT molecular complexity index is 803. The number of allylic oxidation sites excluding steroid dienone is 3. The summed E-state index contributed by atoms with van der Waals surface area (Å²) in [4.78, 5) is 19.1. The summed E-state index contributed by atoms with van der Waals surface area (Å²) in [6.45, 7) is 6.46. The summed E-state index contributed by atoms with van der Waals surface area (Å²) in [6, 6.07) is 7.93. The molecule has 0 atom stereocenters. The minimum absolute atomic E-state index is 0. The van der Waals surface area contributed by atoms with E-state index in [0.29, 0.717) is 18.7 Å². The smallest absolute Gasteiger partial charge is 0.181 e. The van der Waals surface area contributed by atoms with Crippen LogP contribution in [-0.2, 0) is 4.79 Å². The van der Waals surface area contributed by atoms with Crippen LogP contribution in [0.1, 0.15) is 34.1 Å². The summed E-state index contributed by atoms with van der Waals surface area (Å²) in [6.07, 6.45) is 8.76. The van der Waals surface area contributed by atoms with E-state index in [1.54, 1.807) is 12.2 Å². The summed E-state index contributed by atoms with van der Waals surface area (Å²) in [5.74, 6) is 1.63. The highest BCUT2D eigenvalue weighted by molar-refractivity contribution is 6.44. The van der Waals surface area contributed by atoms with Crippen LogP contribution in [0.4, 0.5) is 0 Å². The van der Waals surface area contributed by atoms with Crippen molar-refractivity contribution >= 4 is 17.1 Å². The number of ether oxygens (including phenoxy) is 1. The first kappa shape index (κ1) is 19.1. The summed E-state index contributed by atoms with van der Waals surface area (Å²) in [5, 5.41) is 3.40. The number of benzene rings is 1. The first-order valence-electron chi connectivity index (χ1n) is 9.52. The number of hydrogen-bond donors (Lipinski definition) is 1. The van der Waals surface area contributed by atoms with Gasteiger partial charge in [0.2, 0.25) is 0 Å². The number of hydrogen-bond acceptors (Lipinski definition) is 5. The van der Waals surface area contributed by atoms with Gasteiger partial charge in [-0.1, -0.05) is 24.8 Å². The Labute approximate surface area is 164 Å². The molecule has 0 saturated heterocycles. The van der Waals surface area contributed by atoms with Crippen molar-refractivity contribution in [2.45, 2.75) is 25.7 Å². The quantitative estimate of drug-likeness (QED) is 0.811. The Morgan fingerprint density at radius 2 is 2.15 bits per heavy atom. The molecule has 2 aliphatic rings. The van der Waals surface area contributed by atoms with Crippen LogP contribution in [-0.4, -0.2) is 43.1 Å². The van der Waals surface area contributed by atoms with E-state index >= 15 is 0 Å². The standard InChI is InChI=1S/C22H27N3O2.2H2/c1-3-19-17-8-6-9-18(16-17)27-15-7-13-23-12-5-4-10-21(26)20-11-14-25(2)22(19)24-20;;/h3,6,8-9,11,14,16,23H,1,4-5,7,10,12-13,15H2,2H3;2*1H/b22-19+;;. The van der Waals surface area contributed by atoms with Gasteiger partial charge in [0.05, 0.1) is 6.61 Å². The van der Waals surface area contributed by atoms with Crippen LogP contribution in [0.25, 0.3) is 5.57 Å². The molecule has 5 heteroatoms. The van der Waals surface area contributed by atoms with E-state index in [4.69, 9.17) is 4.74 Å². The maximum atomic E-state index is 12.6. The lowest BCUT2D eigenvalue weighted by molar-refractivity contribution is -0.113. The third-order valence-electron chi connectivity index (χ3n) is 4.67. The molecule has 0 aliphatic carbocycles. The molecule has 5 nitrogen and oxygen atoms in total. The number of nitrogens with zero attached hydrogens (tertiary/aromatic N) is 2. The number of ketones is 1. The molecule has 0 fully saturated rings. The van der Waals surface area contributed by atoms with Gasteiger partial charge in [0, 0.05) is 28.1 Å². The molecule has 0 aromatic heterocycles. The highest BCUT2D eigenvalue weighted by atomic mass is 16.5. The molecule has 2 heterocycles. The molecule has 1 aromatic rings. The third-order valence-corrected chi connectivity index (χ3v) is 4.67. The number of fused-ring (bicyclic) bond motifs is 3. The molecule has 1 aromatic carbocycles. The van der Waals surface area contributed by atoms with E-state index in [-0.39, 0.29) is 8.64 Å². The van der Waals surface area contributed by atoms with Crippen LogP contribution in [0.15, 0.2) is 60.0 Å². The molecule has 27 heavy (non-hydrogen) atoms. The Morgan fingerprint density at radius 1 is 1.30 bits per heavy atom. The predicted molar refractivity (Wildman–Crippen MR) is 114 cm³/mol. The molecular weight excluding hydrogens is 338 g/mol. The van der Waals surface area contributed by atoms with Crippen LogP contribution in [0.3, 0.4) is 0 Å². The fourth-order valence-corrected chi connectivity index (χ4v) is 3.16. The predicted octanol–water partition coefficient (Wildman–Crippen LogP) is 4.04. The van der Waals surface area contributed by atoms with Crippen molar-refractivity contribution in [3.05, 3.63) is 60.6 Å². The highest BCUT2D eigenvalue weighted by Gasteiger charge is 2.18. The number of carbonyl (C=O) groups excluding carboxylic acids is 1. The average molecular weight is 370 g/mol. The van der Waals surface area contributed by atoms with Gasteiger partial charge >= 0.3 is 0 Å². The molecule has 0 unspecified atom stereocenters. The monoisotopic (exact) mass is 369 g/mol. The van der Waals surface area contributed by atoms with Crippen molar-refractivity contribution in [1.29, 1.82) is 0 Å². The zero-order valence-electron chi connectivity index (χ0n) is 15.9. The van der Waals surface area contributed by atoms with Gasteiger partial charge in [0.25, 0.3) is 0 Å². The summed E-state index contributed by atoms with van der Waals surface area (Å²) < 4.78 is 5.90. The van der Waals surface area contributed by atoms with Crippen LogP contribution in [0.5, 0.6) is 5.75 Å². The maximum Gasteiger partial charge on any atom is 0.181 e. The molecule has 4 bridgehead atoms. The molecular formula is C22H31N3O2. The SMILES string of the molecule is C=C/C1=C2/N=C(C=CN2C)C(=O)CCCCNCCCOc2cccc1c2.[HH].[HH]. The molecule has 0 amide bonds. The largest absolute Gasteiger partial charge is 0.494 e. The van der Waals surface area contributed by atoms with Gasteiger partial charge in [-0.2, -0.15) is 0 Å². The zero-order chi connectivity index (χ0) is 19.1. The molecule has 2 aliphatic heterocycles. The number of aliphatic imine (C=N–C) groups is 1. The second-order valence-electron chi connectivity index (χ2n) is 6.73. The van der Waals surface area contributed by atoms with Crippen molar-refractivity contribution in [3.8, 4) is 5.75 Å². The second-order valence-corrected chi connectivity index (χ2v) is 6.73. The molecule has 146 valence electrons. The number of carbonyl (C=O) groups is 1. The van der Waals surface area contributed by atoms with E-state index < -0.39 is 0 Å². The van der Waals surface area contributed by atoms with Gasteiger partial charge in [0.15, 0.2) is 5.78 Å². The normalized spacial score (nSPS) is 21.9. The minimum Gasteiger partial charge on any atom is -0.494 e. The van der Waals surface area contributed by atoms with E-state index in [1.165, 1.54) is 0 Å². The summed E-state index contributed by atoms with van der Waals surface area (Å²) in [5.41, 5.74) is 2.35. The van der Waals surface area contributed by atoms with Crippen molar-refractivity contribution in [2.24, 2.45) is 4.99 Å².